The summed E-state index contributed by atoms with van der Waals surface area (Å²) in [6.07, 6.45) is 0.340. The molecule has 5 nitrogen and oxygen atoms in total. The molecule has 0 saturated carbocycles. The van der Waals surface area contributed by atoms with Gasteiger partial charge < -0.3 is 24.2 Å². The molecule has 6 heteroatoms. The van der Waals surface area contributed by atoms with Crippen LogP contribution in [0.2, 0.25) is 5.02 Å². The molecule has 0 radical (unpaired) electrons. The van der Waals surface area contributed by atoms with Crippen molar-refractivity contribution in [2.75, 3.05) is 33.4 Å². The molecule has 1 aliphatic rings. The Morgan fingerprint density at radius 3 is 2.45 bits per heavy atom. The number of benzene rings is 3. The first kappa shape index (κ1) is 23.4. The van der Waals surface area contributed by atoms with Crippen molar-refractivity contribution in [2.45, 2.75) is 25.9 Å². The minimum absolute atomic E-state index is 0.340. The summed E-state index contributed by atoms with van der Waals surface area (Å²) in [5, 5.41) is 12.6. The molecule has 0 amide bonds. The van der Waals surface area contributed by atoms with Crippen LogP contribution < -0.4 is 14.2 Å². The van der Waals surface area contributed by atoms with Crippen LogP contribution in [0.3, 0.4) is 0 Å². The van der Waals surface area contributed by atoms with Gasteiger partial charge in [-0.1, -0.05) is 49.7 Å². The molecule has 1 N–H and O–H groups in total. The van der Waals surface area contributed by atoms with Gasteiger partial charge in [-0.15, -0.1) is 0 Å². The van der Waals surface area contributed by atoms with Gasteiger partial charge in [-0.3, -0.25) is 0 Å². The van der Waals surface area contributed by atoms with Crippen LogP contribution in [0.4, 0.5) is 0 Å². The predicted octanol–water partition coefficient (Wildman–Crippen LogP) is 5.65. The summed E-state index contributed by atoms with van der Waals surface area (Å²) in [5.74, 6) is 2.55. The van der Waals surface area contributed by atoms with Gasteiger partial charge in [0.25, 0.3) is 0 Å². The number of methoxy groups -OCH3 is 1. The van der Waals surface area contributed by atoms with Gasteiger partial charge in [0.2, 0.25) is 0 Å². The number of nitrogens with zero attached hydrogens (tertiary/aromatic N) is 1. The number of hydrogen-bond acceptors (Lipinski definition) is 5. The summed E-state index contributed by atoms with van der Waals surface area (Å²) < 4.78 is 17.4. The van der Waals surface area contributed by atoms with Gasteiger partial charge in [0.05, 0.1) is 12.1 Å². The molecule has 0 fully saturated rings. The zero-order chi connectivity index (χ0) is 23.4. The Hall–Kier alpha value is -2.73. The van der Waals surface area contributed by atoms with Crippen LogP contribution in [-0.2, 0) is 12.0 Å². The number of fused-ring (bicyclic) bond motifs is 2. The Morgan fingerprint density at radius 2 is 1.73 bits per heavy atom. The van der Waals surface area contributed by atoms with Crippen molar-refractivity contribution in [1.82, 2.24) is 4.90 Å². The first-order valence-corrected chi connectivity index (χ1v) is 11.7. The minimum atomic E-state index is -1.28. The van der Waals surface area contributed by atoms with E-state index in [1.54, 1.807) is 7.11 Å². The second-order valence-corrected chi connectivity index (χ2v) is 8.54. The predicted molar refractivity (Wildman–Crippen MR) is 131 cm³/mol. The number of hydrogen-bond donors (Lipinski definition) is 1. The highest BCUT2D eigenvalue weighted by molar-refractivity contribution is 6.32. The minimum Gasteiger partial charge on any atom is -0.495 e. The summed E-state index contributed by atoms with van der Waals surface area (Å²) >= 11 is 6.35. The average Bonchev–Trinajstić information content (AvgIpc) is 2.82. The Balaban J connectivity index is 1.65. The SMILES string of the molecule is CCN(CC)CCOc1ccc2c(c1)Oc1ccccc1C2(O)Cc1ccc(OC)c(Cl)c1. The fourth-order valence-electron chi connectivity index (χ4n) is 4.32. The Morgan fingerprint density at radius 1 is 0.970 bits per heavy atom. The molecule has 1 atom stereocenters. The lowest BCUT2D eigenvalue weighted by molar-refractivity contribution is 0.0697. The van der Waals surface area contributed by atoms with Crippen molar-refractivity contribution < 1.29 is 19.3 Å². The maximum Gasteiger partial charge on any atom is 0.137 e. The van der Waals surface area contributed by atoms with Crippen molar-refractivity contribution in [3.8, 4) is 23.0 Å². The summed E-state index contributed by atoms with van der Waals surface area (Å²) in [4.78, 5) is 2.31. The Bertz CT molecular complexity index is 1120. The van der Waals surface area contributed by atoms with Crippen molar-refractivity contribution in [1.29, 1.82) is 0 Å². The molecule has 1 aliphatic heterocycles. The third-order valence-electron chi connectivity index (χ3n) is 6.20. The number of para-hydroxylation sites is 1. The van der Waals surface area contributed by atoms with Crippen LogP contribution in [0.25, 0.3) is 0 Å². The molecule has 4 rings (SSSR count). The topological polar surface area (TPSA) is 51.2 Å². The number of halogens is 1. The van der Waals surface area contributed by atoms with Crippen molar-refractivity contribution in [3.63, 3.8) is 0 Å². The quantitative estimate of drug-likeness (QED) is 0.440. The number of ether oxygens (including phenoxy) is 3. The maximum atomic E-state index is 12.0. The molecule has 0 saturated heterocycles. The lowest BCUT2D eigenvalue weighted by atomic mass is 9.79. The first-order valence-electron chi connectivity index (χ1n) is 11.3. The van der Waals surface area contributed by atoms with Gasteiger partial charge in [-0.25, -0.2) is 0 Å². The van der Waals surface area contributed by atoms with Crippen molar-refractivity contribution in [2.24, 2.45) is 0 Å². The average molecular weight is 468 g/mol. The molecule has 33 heavy (non-hydrogen) atoms. The van der Waals surface area contributed by atoms with E-state index in [2.05, 4.69) is 18.7 Å². The molecule has 1 unspecified atom stereocenters. The first-order chi connectivity index (χ1) is 16.0. The van der Waals surface area contributed by atoms with E-state index in [1.807, 2.05) is 60.7 Å². The third kappa shape index (κ3) is 4.81. The second-order valence-electron chi connectivity index (χ2n) is 8.14. The van der Waals surface area contributed by atoms with Gasteiger partial charge in [0.1, 0.15) is 35.2 Å². The fraction of sp³-hybridized carbons (Fsp3) is 0.333. The van der Waals surface area contributed by atoms with Crippen LogP contribution in [0, 0.1) is 0 Å². The van der Waals surface area contributed by atoms with Crippen molar-refractivity contribution >= 4 is 11.6 Å². The number of aliphatic hydroxyl groups is 1. The standard InChI is InChI=1S/C27H30ClNO4/c1-4-29(5-2)14-15-32-20-11-12-22-26(17-20)33-24-9-7-6-8-21(24)27(22,30)18-19-10-13-25(31-3)23(28)16-19/h6-13,16-17,30H,4-5,14-15,18H2,1-3H3. The number of likely N-dealkylation sites (N-methyl/N-ethyl adjacent to an activating group) is 1. The zero-order valence-electron chi connectivity index (χ0n) is 19.3. The van der Waals surface area contributed by atoms with E-state index < -0.39 is 5.60 Å². The summed E-state index contributed by atoms with van der Waals surface area (Å²) in [6.45, 7) is 7.72. The smallest absolute Gasteiger partial charge is 0.137 e. The molecule has 1 heterocycles. The van der Waals surface area contributed by atoms with Gasteiger partial charge in [0, 0.05) is 30.2 Å². The van der Waals surface area contributed by atoms with Gasteiger partial charge >= 0.3 is 0 Å². The Labute approximate surface area is 200 Å². The normalized spacial score (nSPS) is 16.7. The lowest BCUT2D eigenvalue weighted by Gasteiger charge is -2.36. The molecular formula is C27H30ClNO4. The summed E-state index contributed by atoms with van der Waals surface area (Å²) in [5.41, 5.74) is 1.04. The maximum absolute atomic E-state index is 12.0. The summed E-state index contributed by atoms with van der Waals surface area (Å²) in [7, 11) is 1.58. The Kier molecular flexibility index (Phi) is 7.13. The number of rotatable bonds is 9. The van der Waals surface area contributed by atoms with Crippen molar-refractivity contribution in [3.05, 3.63) is 82.4 Å². The zero-order valence-corrected chi connectivity index (χ0v) is 20.1. The van der Waals surface area contributed by atoms with Gasteiger partial charge in [0.15, 0.2) is 0 Å². The highest BCUT2D eigenvalue weighted by Gasteiger charge is 2.40. The van der Waals surface area contributed by atoms with E-state index in [0.717, 1.165) is 36.5 Å². The lowest BCUT2D eigenvalue weighted by Crippen LogP contribution is -2.33. The van der Waals surface area contributed by atoms with Crippen LogP contribution in [0.5, 0.6) is 23.0 Å². The van der Waals surface area contributed by atoms with E-state index in [9.17, 15) is 5.11 Å². The molecule has 0 spiro atoms. The van der Waals surface area contributed by atoms with Crippen LogP contribution in [-0.4, -0.2) is 43.4 Å². The van der Waals surface area contributed by atoms with E-state index in [1.165, 1.54) is 0 Å². The van der Waals surface area contributed by atoms with Gasteiger partial charge in [-0.2, -0.15) is 0 Å². The highest BCUT2D eigenvalue weighted by Crippen LogP contribution is 2.49. The van der Waals surface area contributed by atoms with Crippen LogP contribution in [0.15, 0.2) is 60.7 Å². The van der Waals surface area contributed by atoms with E-state index in [0.29, 0.717) is 40.9 Å². The summed E-state index contributed by atoms with van der Waals surface area (Å²) in [6, 6.07) is 18.8. The molecule has 0 bridgehead atoms. The van der Waals surface area contributed by atoms with E-state index in [4.69, 9.17) is 25.8 Å². The monoisotopic (exact) mass is 467 g/mol. The molecule has 174 valence electrons. The largest absolute Gasteiger partial charge is 0.495 e. The molecule has 3 aromatic rings. The molecule has 3 aromatic carbocycles. The van der Waals surface area contributed by atoms with Gasteiger partial charge in [-0.05, 0) is 49.0 Å². The fourth-order valence-corrected chi connectivity index (χ4v) is 4.60. The van der Waals surface area contributed by atoms with E-state index >= 15 is 0 Å². The third-order valence-corrected chi connectivity index (χ3v) is 6.49. The molecule has 0 aromatic heterocycles. The highest BCUT2D eigenvalue weighted by atomic mass is 35.5. The van der Waals surface area contributed by atoms with Crippen LogP contribution >= 0.6 is 11.6 Å². The van der Waals surface area contributed by atoms with Crippen LogP contribution in [0.1, 0.15) is 30.5 Å². The van der Waals surface area contributed by atoms with E-state index in [-0.39, 0.29) is 0 Å². The molecular weight excluding hydrogens is 438 g/mol. The second kappa shape index (κ2) is 10.0. The molecule has 0 aliphatic carbocycles.